The number of nitrogens with two attached hydrogens (primary N) is 1. The highest BCUT2D eigenvalue weighted by Gasteiger charge is 2.12. The third kappa shape index (κ3) is 4.51. The lowest BCUT2D eigenvalue weighted by molar-refractivity contribution is 0.588. The minimum Gasteiger partial charge on any atom is -0.332 e. The highest BCUT2D eigenvalue weighted by Crippen LogP contribution is 2.28. The molecule has 1 aromatic heterocycles. The predicted molar refractivity (Wildman–Crippen MR) is 105 cm³/mol. The van der Waals surface area contributed by atoms with E-state index in [1.54, 1.807) is 24.3 Å². The van der Waals surface area contributed by atoms with Crippen molar-refractivity contribution in [2.24, 2.45) is 5.14 Å². The third-order valence-electron chi connectivity index (χ3n) is 3.67. The Morgan fingerprint density at radius 2 is 1.52 bits per heavy atom. The van der Waals surface area contributed by atoms with E-state index in [0.29, 0.717) is 16.5 Å². The molecular weight excluding hydrogens is 408 g/mol. The van der Waals surface area contributed by atoms with Crippen molar-refractivity contribution in [1.29, 1.82) is 0 Å². The van der Waals surface area contributed by atoms with Gasteiger partial charge in [-0.05, 0) is 43.4 Å². The molecule has 11 heteroatoms. The number of rotatable bonds is 6. The highest BCUT2D eigenvalue weighted by molar-refractivity contribution is 7.89. The number of hydrogen-bond acceptors (Lipinski definition) is 7. The average Bonchev–Trinajstić information content (AvgIpc) is 3.10. The van der Waals surface area contributed by atoms with Crippen molar-refractivity contribution in [3.8, 4) is 11.3 Å². The summed E-state index contributed by atoms with van der Waals surface area (Å²) in [4.78, 5) is 4.67. The second kappa shape index (κ2) is 7.37. The van der Waals surface area contributed by atoms with E-state index in [-0.39, 0.29) is 9.79 Å². The first-order chi connectivity index (χ1) is 12.7. The zero-order valence-electron chi connectivity index (χ0n) is 14.1. The van der Waals surface area contributed by atoms with Gasteiger partial charge >= 0.3 is 0 Å². The van der Waals surface area contributed by atoms with Crippen LogP contribution >= 0.6 is 11.3 Å². The fourth-order valence-electron chi connectivity index (χ4n) is 2.24. The average molecular weight is 425 g/mol. The third-order valence-corrected chi connectivity index (χ3v) is 6.78. The Morgan fingerprint density at radius 3 is 2.07 bits per heavy atom. The Labute approximate surface area is 161 Å². The molecule has 0 bridgehead atoms. The number of anilines is 2. The van der Waals surface area contributed by atoms with Gasteiger partial charge in [-0.3, -0.25) is 0 Å². The van der Waals surface area contributed by atoms with Gasteiger partial charge in [-0.15, -0.1) is 11.3 Å². The molecule has 0 saturated carbocycles. The first-order valence-corrected chi connectivity index (χ1v) is 11.5. The number of benzene rings is 2. The van der Waals surface area contributed by atoms with E-state index >= 15 is 0 Å². The first-order valence-electron chi connectivity index (χ1n) is 7.58. The van der Waals surface area contributed by atoms with Gasteiger partial charge in [0.15, 0.2) is 5.13 Å². The zero-order chi connectivity index (χ0) is 19.7. The quantitative estimate of drug-likeness (QED) is 0.555. The molecule has 0 aliphatic carbocycles. The lowest BCUT2D eigenvalue weighted by Gasteiger charge is -2.04. The molecule has 27 heavy (non-hydrogen) atoms. The summed E-state index contributed by atoms with van der Waals surface area (Å²) in [5.41, 5.74) is 2.13. The summed E-state index contributed by atoms with van der Waals surface area (Å²) in [5, 5.41) is 10.6. The van der Waals surface area contributed by atoms with E-state index in [4.69, 9.17) is 5.14 Å². The highest BCUT2D eigenvalue weighted by atomic mass is 32.2. The van der Waals surface area contributed by atoms with Crippen molar-refractivity contribution in [3.05, 3.63) is 53.9 Å². The minimum atomic E-state index is -3.73. The molecule has 8 nitrogen and oxygen atoms in total. The summed E-state index contributed by atoms with van der Waals surface area (Å²) in [6.45, 7) is 0. The van der Waals surface area contributed by atoms with Crippen LogP contribution < -0.4 is 15.2 Å². The monoisotopic (exact) mass is 424 g/mol. The first kappa shape index (κ1) is 19.5. The van der Waals surface area contributed by atoms with Gasteiger partial charge in [-0.1, -0.05) is 12.1 Å². The molecule has 3 rings (SSSR count). The van der Waals surface area contributed by atoms with Crippen molar-refractivity contribution in [3.63, 3.8) is 0 Å². The molecule has 142 valence electrons. The largest absolute Gasteiger partial charge is 0.332 e. The summed E-state index contributed by atoms with van der Waals surface area (Å²) in [7, 11) is -5.85. The molecule has 1 heterocycles. The predicted octanol–water partition coefficient (Wildman–Crippen LogP) is 2.11. The number of nitrogens with zero attached hydrogens (tertiary/aromatic N) is 1. The van der Waals surface area contributed by atoms with E-state index in [0.717, 1.165) is 5.56 Å². The molecule has 0 saturated heterocycles. The number of aromatic nitrogens is 1. The fourth-order valence-corrected chi connectivity index (χ4v) is 4.22. The number of sulfonamides is 2. The lowest BCUT2D eigenvalue weighted by atomic mass is 10.2. The van der Waals surface area contributed by atoms with Crippen LogP contribution in [-0.2, 0) is 20.0 Å². The Bertz CT molecular complexity index is 1150. The minimum absolute atomic E-state index is 0.0319. The summed E-state index contributed by atoms with van der Waals surface area (Å²) in [5.74, 6) is 0. The zero-order valence-corrected chi connectivity index (χ0v) is 16.5. The van der Waals surface area contributed by atoms with Crippen molar-refractivity contribution < 1.29 is 16.8 Å². The van der Waals surface area contributed by atoms with Crippen LogP contribution in [0.3, 0.4) is 0 Å². The van der Waals surface area contributed by atoms with Crippen LogP contribution in [0.25, 0.3) is 11.3 Å². The van der Waals surface area contributed by atoms with Crippen molar-refractivity contribution in [2.75, 3.05) is 12.4 Å². The Hall–Kier alpha value is -2.31. The SMILES string of the molecule is CNS(=O)(=O)c1ccc(-c2csc(Nc3ccc(S(N)(=O)=O)cc3)n2)cc1. The second-order valence-corrected chi connectivity index (χ2v) is 9.77. The van der Waals surface area contributed by atoms with E-state index in [9.17, 15) is 16.8 Å². The molecule has 4 N–H and O–H groups in total. The molecule has 0 aliphatic heterocycles. The summed E-state index contributed by atoms with van der Waals surface area (Å²) < 4.78 is 48.3. The number of hydrogen-bond donors (Lipinski definition) is 3. The van der Waals surface area contributed by atoms with Gasteiger partial charge in [-0.25, -0.2) is 31.7 Å². The van der Waals surface area contributed by atoms with Crippen molar-refractivity contribution in [2.45, 2.75) is 9.79 Å². The van der Waals surface area contributed by atoms with Gasteiger partial charge in [0.2, 0.25) is 20.0 Å². The van der Waals surface area contributed by atoms with Gasteiger partial charge in [0, 0.05) is 16.6 Å². The normalized spacial score (nSPS) is 12.1. The molecular formula is C16H16N4O4S3. The molecule has 0 aliphatic rings. The van der Waals surface area contributed by atoms with Gasteiger partial charge in [0.25, 0.3) is 0 Å². The van der Waals surface area contributed by atoms with Gasteiger partial charge in [-0.2, -0.15) is 0 Å². The van der Waals surface area contributed by atoms with Crippen LogP contribution in [0, 0.1) is 0 Å². The van der Waals surface area contributed by atoms with E-state index in [1.165, 1.54) is 42.6 Å². The van der Waals surface area contributed by atoms with Gasteiger partial charge in [0.05, 0.1) is 15.5 Å². The molecule has 0 spiro atoms. The molecule has 0 amide bonds. The van der Waals surface area contributed by atoms with Crippen LogP contribution in [0.1, 0.15) is 0 Å². The van der Waals surface area contributed by atoms with Crippen LogP contribution in [0.2, 0.25) is 0 Å². The summed E-state index contributed by atoms with van der Waals surface area (Å²) in [6, 6.07) is 12.4. The Morgan fingerprint density at radius 1 is 0.926 bits per heavy atom. The molecule has 0 atom stereocenters. The maximum absolute atomic E-state index is 11.8. The van der Waals surface area contributed by atoms with Crippen LogP contribution in [0.4, 0.5) is 10.8 Å². The topological polar surface area (TPSA) is 131 Å². The smallest absolute Gasteiger partial charge is 0.240 e. The van der Waals surface area contributed by atoms with Crippen LogP contribution in [0.5, 0.6) is 0 Å². The second-order valence-electron chi connectivity index (χ2n) is 5.46. The maximum Gasteiger partial charge on any atom is 0.240 e. The van der Waals surface area contributed by atoms with E-state index < -0.39 is 20.0 Å². The maximum atomic E-state index is 11.8. The lowest BCUT2D eigenvalue weighted by Crippen LogP contribution is -2.18. The Balaban J connectivity index is 1.77. The number of thiazole rings is 1. The molecule has 0 unspecified atom stereocenters. The van der Waals surface area contributed by atoms with E-state index in [2.05, 4.69) is 15.0 Å². The molecule has 3 aromatic rings. The Kier molecular flexibility index (Phi) is 5.31. The van der Waals surface area contributed by atoms with Gasteiger partial charge < -0.3 is 5.32 Å². The molecule has 2 aromatic carbocycles. The number of nitrogens with one attached hydrogen (secondary N) is 2. The van der Waals surface area contributed by atoms with E-state index in [1.807, 2.05) is 5.38 Å². The van der Waals surface area contributed by atoms with Crippen molar-refractivity contribution >= 4 is 42.2 Å². The standard InChI is InChI=1S/C16H16N4O4S3/c1-18-27(23,24)14-6-2-11(3-7-14)15-10-25-16(20-15)19-12-4-8-13(9-5-12)26(17,21)22/h2-10,18H,1H3,(H,19,20)(H2,17,21,22). The van der Waals surface area contributed by atoms with Crippen LogP contribution in [0.15, 0.2) is 63.7 Å². The summed E-state index contributed by atoms with van der Waals surface area (Å²) >= 11 is 1.37. The molecule has 0 radical (unpaired) electrons. The fraction of sp³-hybridized carbons (Fsp3) is 0.0625. The van der Waals surface area contributed by atoms with Gasteiger partial charge in [0.1, 0.15) is 0 Å². The number of primary sulfonamides is 1. The van der Waals surface area contributed by atoms with Crippen LogP contribution in [-0.4, -0.2) is 28.9 Å². The van der Waals surface area contributed by atoms with Crippen molar-refractivity contribution in [1.82, 2.24) is 9.71 Å². The summed E-state index contributed by atoms with van der Waals surface area (Å²) in [6.07, 6.45) is 0. The molecule has 0 fully saturated rings.